The van der Waals surface area contributed by atoms with Crippen molar-refractivity contribution in [2.45, 2.75) is 10.2 Å². The number of allylic oxidation sites excluding steroid dienone is 1. The second kappa shape index (κ2) is 6.36. The number of halogens is 5. The summed E-state index contributed by atoms with van der Waals surface area (Å²) in [6.45, 7) is 3.58. The van der Waals surface area contributed by atoms with Crippen molar-refractivity contribution in [1.82, 2.24) is 0 Å². The summed E-state index contributed by atoms with van der Waals surface area (Å²) in [6.07, 6.45) is 2.01. The van der Waals surface area contributed by atoms with E-state index in [0.29, 0.717) is 17.0 Å². The molecule has 2 nitrogen and oxygen atoms in total. The van der Waals surface area contributed by atoms with E-state index in [9.17, 15) is 4.79 Å². The Bertz CT molecular complexity index is 479. The molecule has 0 saturated heterocycles. The lowest BCUT2D eigenvalue weighted by atomic mass is 10.1. The number of hydrogen-bond donors (Lipinski definition) is 0. The van der Waals surface area contributed by atoms with Crippen LogP contribution in [0, 0.1) is 0 Å². The average Bonchev–Trinajstić information content (AvgIpc) is 2.21. The van der Waals surface area contributed by atoms with E-state index in [1.807, 2.05) is 0 Å². The number of benzene rings is 1. The fourth-order valence-electron chi connectivity index (χ4n) is 1.19. The lowest BCUT2D eigenvalue weighted by Crippen LogP contribution is -2.25. The van der Waals surface area contributed by atoms with Crippen LogP contribution in [0.1, 0.15) is 5.56 Å². The summed E-state index contributed by atoms with van der Waals surface area (Å²) in [5.41, 5.74) is 0.574. The zero-order valence-corrected chi connectivity index (χ0v) is 12.6. The van der Waals surface area contributed by atoms with Gasteiger partial charge in [0, 0.05) is 10.6 Å². The molecule has 0 heterocycles. The van der Waals surface area contributed by atoms with Gasteiger partial charge < -0.3 is 4.74 Å². The summed E-state index contributed by atoms with van der Waals surface area (Å²) in [7, 11) is 0. The van der Waals surface area contributed by atoms with E-state index in [2.05, 4.69) is 6.58 Å². The summed E-state index contributed by atoms with van der Waals surface area (Å²) in [6, 6.07) is 3.02. The van der Waals surface area contributed by atoms with Crippen molar-refractivity contribution in [1.29, 1.82) is 0 Å². The molecule has 1 aromatic carbocycles. The highest BCUT2D eigenvalue weighted by Gasteiger charge is 2.34. The first-order valence-corrected chi connectivity index (χ1v) is 6.52. The predicted molar refractivity (Wildman–Crippen MR) is 76.3 cm³/mol. The molecule has 0 saturated carbocycles. The van der Waals surface area contributed by atoms with Gasteiger partial charge in [0.2, 0.25) is 0 Å². The normalized spacial score (nSPS) is 11.2. The van der Waals surface area contributed by atoms with Crippen molar-refractivity contribution >= 4 is 64.0 Å². The standard InChI is InChI=1S/C11H7Cl5O2/c1-2-3-6-4-7(12)5-8(13)9(6)18-10(17)11(14,15)16/h2,4-5H,1,3H2. The summed E-state index contributed by atoms with van der Waals surface area (Å²) < 4.78 is 2.80. The minimum absolute atomic E-state index is 0.109. The van der Waals surface area contributed by atoms with E-state index in [-0.39, 0.29) is 10.8 Å². The molecule has 0 spiro atoms. The number of esters is 1. The molecule has 0 amide bonds. The van der Waals surface area contributed by atoms with Gasteiger partial charge in [-0.15, -0.1) is 6.58 Å². The zero-order valence-electron chi connectivity index (χ0n) is 8.85. The number of ether oxygens (including phenoxy) is 1. The smallest absolute Gasteiger partial charge is 0.363 e. The van der Waals surface area contributed by atoms with Gasteiger partial charge in [-0.05, 0) is 18.6 Å². The molecular weight excluding hydrogens is 341 g/mol. The van der Waals surface area contributed by atoms with Crippen LogP contribution in [0.4, 0.5) is 0 Å². The van der Waals surface area contributed by atoms with Crippen LogP contribution < -0.4 is 4.74 Å². The molecular formula is C11H7Cl5O2. The summed E-state index contributed by atoms with van der Waals surface area (Å²) >= 11 is 28.0. The van der Waals surface area contributed by atoms with Crippen molar-refractivity contribution in [2.24, 2.45) is 0 Å². The van der Waals surface area contributed by atoms with Crippen LogP contribution >= 0.6 is 58.0 Å². The molecule has 0 N–H and O–H groups in total. The first-order chi connectivity index (χ1) is 8.25. The second-order valence-electron chi connectivity index (χ2n) is 3.26. The zero-order chi connectivity index (χ0) is 13.9. The predicted octanol–water partition coefficient (Wildman–Crippen LogP) is 5.00. The van der Waals surface area contributed by atoms with Crippen molar-refractivity contribution in [3.63, 3.8) is 0 Å². The molecule has 1 rings (SSSR count). The van der Waals surface area contributed by atoms with Crippen LogP contribution in [0.3, 0.4) is 0 Å². The van der Waals surface area contributed by atoms with E-state index in [4.69, 9.17) is 62.7 Å². The number of rotatable bonds is 3. The number of hydrogen-bond acceptors (Lipinski definition) is 2. The average molecular weight is 348 g/mol. The van der Waals surface area contributed by atoms with Gasteiger partial charge in [0.1, 0.15) is 0 Å². The van der Waals surface area contributed by atoms with Crippen molar-refractivity contribution in [3.05, 3.63) is 40.4 Å². The minimum Gasteiger partial charge on any atom is -0.421 e. The van der Waals surface area contributed by atoms with Gasteiger partial charge >= 0.3 is 5.97 Å². The third-order valence-electron chi connectivity index (χ3n) is 1.88. The van der Waals surface area contributed by atoms with Gasteiger partial charge in [-0.3, -0.25) is 0 Å². The van der Waals surface area contributed by atoms with E-state index in [1.165, 1.54) is 6.07 Å². The largest absolute Gasteiger partial charge is 0.421 e. The number of alkyl halides is 3. The molecule has 98 valence electrons. The Balaban J connectivity index is 3.15. The molecule has 7 heteroatoms. The molecule has 0 bridgehead atoms. The summed E-state index contributed by atoms with van der Waals surface area (Å²) in [4.78, 5) is 11.5. The Hall–Kier alpha value is -0.120. The maximum Gasteiger partial charge on any atom is 0.363 e. The molecule has 0 radical (unpaired) electrons. The Kier molecular flexibility index (Phi) is 5.63. The van der Waals surface area contributed by atoms with Crippen LogP contribution in [-0.2, 0) is 11.2 Å². The molecule has 0 aliphatic rings. The third-order valence-corrected chi connectivity index (χ3v) is 2.84. The fraction of sp³-hybridized carbons (Fsp3) is 0.182. The molecule has 0 aliphatic carbocycles. The minimum atomic E-state index is -2.17. The van der Waals surface area contributed by atoms with Gasteiger partial charge in [0.05, 0.1) is 5.02 Å². The Labute approximate surface area is 129 Å². The van der Waals surface area contributed by atoms with Crippen LogP contribution in [0.25, 0.3) is 0 Å². The molecule has 18 heavy (non-hydrogen) atoms. The number of carbonyl (C=O) groups excluding carboxylic acids is 1. The van der Waals surface area contributed by atoms with E-state index in [0.717, 1.165) is 0 Å². The Morgan fingerprint density at radius 1 is 1.33 bits per heavy atom. The van der Waals surface area contributed by atoms with E-state index < -0.39 is 9.76 Å². The topological polar surface area (TPSA) is 26.3 Å². The van der Waals surface area contributed by atoms with Crippen molar-refractivity contribution in [3.8, 4) is 5.75 Å². The Morgan fingerprint density at radius 3 is 2.44 bits per heavy atom. The molecule has 0 aromatic heterocycles. The lowest BCUT2D eigenvalue weighted by molar-refractivity contribution is -0.133. The maximum absolute atomic E-state index is 11.5. The first kappa shape index (κ1) is 15.9. The van der Waals surface area contributed by atoms with E-state index in [1.54, 1.807) is 12.1 Å². The van der Waals surface area contributed by atoms with Crippen LogP contribution in [0.5, 0.6) is 5.75 Å². The van der Waals surface area contributed by atoms with Crippen LogP contribution in [0.15, 0.2) is 24.8 Å². The molecule has 1 aromatic rings. The molecule has 0 aliphatic heterocycles. The Morgan fingerprint density at radius 2 is 1.94 bits per heavy atom. The highest BCUT2D eigenvalue weighted by molar-refractivity contribution is 6.75. The highest BCUT2D eigenvalue weighted by Crippen LogP contribution is 2.36. The number of carbonyl (C=O) groups is 1. The second-order valence-corrected chi connectivity index (χ2v) is 6.38. The summed E-state index contributed by atoms with van der Waals surface area (Å²) in [5, 5.41) is 0.562. The fourth-order valence-corrected chi connectivity index (χ4v) is 1.88. The van der Waals surface area contributed by atoms with Gasteiger partial charge in [0.25, 0.3) is 3.79 Å². The first-order valence-electron chi connectivity index (χ1n) is 4.63. The quantitative estimate of drug-likeness (QED) is 0.333. The van der Waals surface area contributed by atoms with Gasteiger partial charge in [-0.2, -0.15) is 0 Å². The van der Waals surface area contributed by atoms with E-state index >= 15 is 0 Å². The lowest BCUT2D eigenvalue weighted by Gasteiger charge is -2.14. The van der Waals surface area contributed by atoms with Crippen molar-refractivity contribution < 1.29 is 9.53 Å². The third kappa shape index (κ3) is 4.22. The SMILES string of the molecule is C=CCc1cc(Cl)cc(Cl)c1OC(=O)C(Cl)(Cl)Cl. The highest BCUT2D eigenvalue weighted by atomic mass is 35.6. The monoisotopic (exact) mass is 346 g/mol. The summed E-state index contributed by atoms with van der Waals surface area (Å²) in [5.74, 6) is -0.931. The van der Waals surface area contributed by atoms with Gasteiger partial charge in [-0.25, -0.2) is 4.79 Å². The van der Waals surface area contributed by atoms with Crippen molar-refractivity contribution in [2.75, 3.05) is 0 Å². The molecule has 0 atom stereocenters. The maximum atomic E-state index is 11.5. The van der Waals surface area contributed by atoms with Gasteiger partial charge in [0.15, 0.2) is 5.75 Å². The van der Waals surface area contributed by atoms with Crippen LogP contribution in [0.2, 0.25) is 10.0 Å². The van der Waals surface area contributed by atoms with Crippen LogP contribution in [-0.4, -0.2) is 9.76 Å². The molecule has 0 fully saturated rings. The van der Waals surface area contributed by atoms with Gasteiger partial charge in [-0.1, -0.05) is 64.1 Å². The molecule has 0 unspecified atom stereocenters.